The fourth-order valence-corrected chi connectivity index (χ4v) is 9.37. The maximum absolute atomic E-state index is 14.2. The molecular formula is C26H30O7. The Balaban J connectivity index is 1.41. The summed E-state index contributed by atoms with van der Waals surface area (Å²) in [7, 11) is 0. The summed E-state index contributed by atoms with van der Waals surface area (Å²) in [5.74, 6) is -0.514. The van der Waals surface area contributed by atoms with Crippen molar-refractivity contribution in [2.75, 3.05) is 0 Å². The third kappa shape index (κ3) is 1.88. The number of carbonyl (C=O) groups is 3. The van der Waals surface area contributed by atoms with E-state index in [9.17, 15) is 14.4 Å². The molecule has 3 aliphatic carbocycles. The van der Waals surface area contributed by atoms with Crippen molar-refractivity contribution in [1.82, 2.24) is 0 Å². The molecule has 4 heterocycles. The molecule has 4 unspecified atom stereocenters. The molecule has 0 bridgehead atoms. The Bertz CT molecular complexity index is 1120. The van der Waals surface area contributed by atoms with E-state index in [0.717, 1.165) is 5.56 Å². The first-order valence-electron chi connectivity index (χ1n) is 12.1. The zero-order valence-electron chi connectivity index (χ0n) is 19.7. The molecule has 0 amide bonds. The van der Waals surface area contributed by atoms with Gasteiger partial charge in [-0.05, 0) is 43.1 Å². The molecule has 10 atom stereocenters. The molecule has 3 saturated carbocycles. The molecule has 6 aliphatic rings. The number of Topliss-reactive ketones (excluding diaryl/α,β-unsaturated/α-hetero) is 2. The van der Waals surface area contributed by atoms with Gasteiger partial charge in [0.15, 0.2) is 11.9 Å². The normalized spacial score (nSPS) is 55.4. The van der Waals surface area contributed by atoms with Crippen LogP contribution in [0.2, 0.25) is 0 Å². The lowest BCUT2D eigenvalue weighted by Crippen LogP contribution is -2.73. The van der Waals surface area contributed by atoms with E-state index in [1.54, 1.807) is 12.5 Å². The summed E-state index contributed by atoms with van der Waals surface area (Å²) >= 11 is 0. The summed E-state index contributed by atoms with van der Waals surface area (Å²) in [5.41, 5.74) is -2.76. The number of esters is 1. The molecule has 176 valence electrons. The Morgan fingerprint density at radius 2 is 1.76 bits per heavy atom. The van der Waals surface area contributed by atoms with Crippen LogP contribution in [0.3, 0.4) is 0 Å². The van der Waals surface area contributed by atoms with Gasteiger partial charge in [0.05, 0.1) is 24.0 Å². The first-order valence-corrected chi connectivity index (χ1v) is 12.1. The van der Waals surface area contributed by atoms with E-state index in [0.29, 0.717) is 19.3 Å². The van der Waals surface area contributed by atoms with Crippen LogP contribution in [0, 0.1) is 33.5 Å². The van der Waals surface area contributed by atoms with Crippen molar-refractivity contribution < 1.29 is 33.0 Å². The highest BCUT2D eigenvalue weighted by atomic mass is 16.7. The largest absolute Gasteiger partial charge is 0.472 e. The summed E-state index contributed by atoms with van der Waals surface area (Å²) in [6.07, 6.45) is 3.02. The zero-order chi connectivity index (χ0) is 23.3. The van der Waals surface area contributed by atoms with Crippen molar-refractivity contribution >= 4 is 17.5 Å². The highest BCUT2D eigenvalue weighted by Gasteiger charge is 2.89. The van der Waals surface area contributed by atoms with Gasteiger partial charge >= 0.3 is 5.97 Å². The van der Waals surface area contributed by atoms with Gasteiger partial charge in [-0.15, -0.1) is 0 Å². The fourth-order valence-electron chi connectivity index (χ4n) is 9.37. The monoisotopic (exact) mass is 454 g/mol. The molecule has 0 aromatic carbocycles. The average Bonchev–Trinajstić information content (AvgIpc) is 3.66. The van der Waals surface area contributed by atoms with E-state index in [-0.39, 0.29) is 41.0 Å². The second kappa shape index (κ2) is 5.46. The first kappa shape index (κ1) is 20.4. The lowest BCUT2D eigenvalue weighted by Gasteiger charge is -2.66. The standard InChI is InChI=1S/C26H30O7/c1-22(2)14-10-15(27)25(5)13(24(14,4)17(28)16-19(22)31-16)6-8-23(3)18(12-7-9-30-11-12)32-21(29)20-26(23,25)33-20/h7,9,11,13-14,16,18-20H,6,8,10H2,1-5H3/t13?,14?,16-,18+,19-,20?,23+,24-,25+,26?/m1/s1. The van der Waals surface area contributed by atoms with Crippen LogP contribution in [-0.4, -0.2) is 41.4 Å². The Hall–Kier alpha value is -1.99. The van der Waals surface area contributed by atoms with Gasteiger partial charge in [-0.25, -0.2) is 4.79 Å². The molecule has 3 saturated heterocycles. The molecule has 6 fully saturated rings. The van der Waals surface area contributed by atoms with Crippen LogP contribution in [0.5, 0.6) is 0 Å². The summed E-state index contributed by atoms with van der Waals surface area (Å²) in [6.45, 7) is 10.4. The van der Waals surface area contributed by atoms with E-state index in [1.165, 1.54) is 0 Å². The Morgan fingerprint density at radius 1 is 1.00 bits per heavy atom. The molecule has 1 aromatic rings. The van der Waals surface area contributed by atoms with Gasteiger partial charge in [-0.2, -0.15) is 0 Å². The topological polar surface area (TPSA) is 98.6 Å². The van der Waals surface area contributed by atoms with Crippen LogP contribution in [0.25, 0.3) is 0 Å². The highest BCUT2D eigenvalue weighted by molar-refractivity contribution is 5.99. The molecule has 1 spiro atoms. The number of cyclic esters (lactones) is 1. The van der Waals surface area contributed by atoms with Crippen molar-refractivity contribution in [3.05, 3.63) is 24.2 Å². The van der Waals surface area contributed by atoms with Crippen LogP contribution >= 0.6 is 0 Å². The minimum absolute atomic E-state index is 0.0926. The number of hydrogen-bond donors (Lipinski definition) is 0. The summed E-state index contributed by atoms with van der Waals surface area (Å²) in [4.78, 5) is 41.1. The molecule has 33 heavy (non-hydrogen) atoms. The number of ether oxygens (including phenoxy) is 3. The number of fused-ring (bicyclic) bond motifs is 4. The zero-order valence-corrected chi connectivity index (χ0v) is 19.7. The Labute approximate surface area is 192 Å². The van der Waals surface area contributed by atoms with Crippen molar-refractivity contribution in [3.8, 4) is 0 Å². The Kier molecular flexibility index (Phi) is 3.37. The van der Waals surface area contributed by atoms with Gasteiger partial charge in [0.1, 0.15) is 23.6 Å². The number of ketones is 2. The van der Waals surface area contributed by atoms with Gasteiger partial charge in [-0.1, -0.05) is 27.7 Å². The molecule has 0 N–H and O–H groups in total. The van der Waals surface area contributed by atoms with Crippen LogP contribution in [0.15, 0.2) is 23.0 Å². The van der Waals surface area contributed by atoms with E-state index in [1.807, 2.05) is 13.0 Å². The van der Waals surface area contributed by atoms with Crippen LogP contribution in [0.4, 0.5) is 0 Å². The van der Waals surface area contributed by atoms with Crippen LogP contribution in [-0.2, 0) is 28.6 Å². The SMILES string of the molecule is CC1(C)C2CC(=O)[C@]3(C)C(CC[C@@]4(C)[C@H](c5ccoc5)OC(=O)C5OC543)[C@@]2(C)C(=O)[C@H]2O[C@H]21. The number of rotatable bonds is 1. The van der Waals surface area contributed by atoms with Gasteiger partial charge < -0.3 is 18.6 Å². The van der Waals surface area contributed by atoms with Crippen molar-refractivity contribution in [2.24, 2.45) is 33.5 Å². The van der Waals surface area contributed by atoms with Gasteiger partial charge in [0.25, 0.3) is 0 Å². The molecule has 7 nitrogen and oxygen atoms in total. The third-order valence-electron chi connectivity index (χ3n) is 11.1. The van der Waals surface area contributed by atoms with E-state index in [2.05, 4.69) is 27.7 Å². The minimum atomic E-state index is -0.989. The second-order valence-electron chi connectivity index (χ2n) is 12.4. The molecule has 7 heteroatoms. The van der Waals surface area contributed by atoms with E-state index >= 15 is 0 Å². The lowest BCUT2D eigenvalue weighted by atomic mass is 9.35. The maximum atomic E-state index is 14.2. The third-order valence-corrected chi connectivity index (χ3v) is 11.1. The number of epoxide rings is 2. The molecule has 7 rings (SSSR count). The summed E-state index contributed by atoms with van der Waals surface area (Å²) in [6, 6.07) is 1.81. The van der Waals surface area contributed by atoms with Gasteiger partial charge in [-0.3, -0.25) is 9.59 Å². The average molecular weight is 455 g/mol. The predicted octanol–water partition coefficient (Wildman–Crippen LogP) is 3.41. The second-order valence-corrected chi connectivity index (χ2v) is 12.4. The smallest absolute Gasteiger partial charge is 0.339 e. The van der Waals surface area contributed by atoms with Crippen molar-refractivity contribution in [1.29, 1.82) is 0 Å². The quantitative estimate of drug-likeness (QED) is 0.474. The van der Waals surface area contributed by atoms with Gasteiger partial charge in [0, 0.05) is 22.8 Å². The molecule has 3 aliphatic heterocycles. The summed E-state index contributed by atoms with van der Waals surface area (Å²) in [5, 5.41) is 0. The number of carbonyl (C=O) groups excluding carboxylic acids is 3. The lowest BCUT2D eigenvalue weighted by molar-refractivity contribution is -0.217. The van der Waals surface area contributed by atoms with Crippen molar-refractivity contribution in [2.45, 2.75) is 83.9 Å². The maximum Gasteiger partial charge on any atom is 0.339 e. The minimum Gasteiger partial charge on any atom is -0.472 e. The predicted molar refractivity (Wildman–Crippen MR) is 113 cm³/mol. The number of furan rings is 1. The van der Waals surface area contributed by atoms with Gasteiger partial charge in [0.2, 0.25) is 0 Å². The number of hydrogen-bond acceptors (Lipinski definition) is 7. The molecule has 0 radical (unpaired) electrons. The highest BCUT2D eigenvalue weighted by Crippen LogP contribution is 2.79. The van der Waals surface area contributed by atoms with Crippen LogP contribution in [0.1, 0.15) is 65.5 Å². The van der Waals surface area contributed by atoms with Crippen molar-refractivity contribution in [3.63, 3.8) is 0 Å². The van der Waals surface area contributed by atoms with E-state index in [4.69, 9.17) is 18.6 Å². The van der Waals surface area contributed by atoms with E-state index < -0.39 is 40.0 Å². The first-order chi connectivity index (χ1) is 15.5. The Morgan fingerprint density at radius 3 is 2.45 bits per heavy atom. The molecule has 1 aromatic heterocycles. The van der Waals surface area contributed by atoms with Crippen LogP contribution < -0.4 is 0 Å². The molecular weight excluding hydrogens is 424 g/mol. The fraction of sp³-hybridized carbons (Fsp3) is 0.731. The summed E-state index contributed by atoms with van der Waals surface area (Å²) < 4.78 is 23.4.